The molecular formula is C18H24N2O4. The first kappa shape index (κ1) is 16.6. The van der Waals surface area contributed by atoms with Crippen molar-refractivity contribution >= 4 is 11.8 Å². The molecule has 1 aromatic rings. The van der Waals surface area contributed by atoms with Crippen molar-refractivity contribution < 1.29 is 19.1 Å². The van der Waals surface area contributed by atoms with Gasteiger partial charge in [-0.25, -0.2) is 0 Å². The van der Waals surface area contributed by atoms with E-state index in [1.54, 1.807) is 0 Å². The van der Waals surface area contributed by atoms with E-state index in [1.807, 2.05) is 23.1 Å². The van der Waals surface area contributed by atoms with Crippen molar-refractivity contribution in [1.29, 1.82) is 0 Å². The fourth-order valence-electron chi connectivity index (χ4n) is 3.26. The van der Waals surface area contributed by atoms with Crippen molar-refractivity contribution in [2.24, 2.45) is 0 Å². The summed E-state index contributed by atoms with van der Waals surface area (Å²) in [5.74, 6) is 1.22. The number of rotatable bonds is 4. The number of likely N-dealkylation sites (tertiary alicyclic amines) is 1. The van der Waals surface area contributed by atoms with E-state index < -0.39 is 6.04 Å². The standard InChI is InChI=1S/C18H24N2O4/c1-13(21)19-15(18(22)20-8-4-2-3-5-9-20)10-14-6-7-16-17(11-14)24-12-23-16/h6-7,11,15H,2-5,8-10,12H2,1H3,(H,19,21)/t15-/m0/s1. The lowest BCUT2D eigenvalue weighted by atomic mass is 10.0. The third-order valence-electron chi connectivity index (χ3n) is 4.47. The number of hydrogen-bond acceptors (Lipinski definition) is 4. The van der Waals surface area contributed by atoms with Gasteiger partial charge in [-0.3, -0.25) is 9.59 Å². The lowest BCUT2D eigenvalue weighted by Gasteiger charge is -2.26. The molecule has 0 radical (unpaired) electrons. The van der Waals surface area contributed by atoms with Crippen LogP contribution in [0.5, 0.6) is 11.5 Å². The predicted molar refractivity (Wildman–Crippen MR) is 88.9 cm³/mol. The van der Waals surface area contributed by atoms with Crippen molar-refractivity contribution in [1.82, 2.24) is 10.2 Å². The van der Waals surface area contributed by atoms with Gasteiger partial charge in [0.2, 0.25) is 18.6 Å². The second kappa shape index (κ2) is 7.55. The molecule has 1 atom stereocenters. The third-order valence-corrected chi connectivity index (χ3v) is 4.47. The Morgan fingerprint density at radius 3 is 2.54 bits per heavy atom. The van der Waals surface area contributed by atoms with Gasteiger partial charge < -0.3 is 19.7 Å². The number of carbonyl (C=O) groups is 2. The highest BCUT2D eigenvalue weighted by atomic mass is 16.7. The van der Waals surface area contributed by atoms with Crippen LogP contribution in [0.25, 0.3) is 0 Å². The van der Waals surface area contributed by atoms with Crippen LogP contribution in [0, 0.1) is 0 Å². The van der Waals surface area contributed by atoms with Gasteiger partial charge in [0.15, 0.2) is 11.5 Å². The molecule has 24 heavy (non-hydrogen) atoms. The Kier molecular flexibility index (Phi) is 5.23. The summed E-state index contributed by atoms with van der Waals surface area (Å²) in [7, 11) is 0. The number of nitrogens with zero attached hydrogens (tertiary/aromatic N) is 1. The van der Waals surface area contributed by atoms with Crippen LogP contribution in [0.1, 0.15) is 38.2 Å². The van der Waals surface area contributed by atoms with Gasteiger partial charge in [-0.15, -0.1) is 0 Å². The second-order valence-electron chi connectivity index (χ2n) is 6.38. The molecule has 0 bridgehead atoms. The van der Waals surface area contributed by atoms with Crippen molar-refractivity contribution in [2.45, 2.75) is 45.1 Å². The maximum atomic E-state index is 12.9. The molecule has 1 fully saturated rings. The molecule has 0 spiro atoms. The van der Waals surface area contributed by atoms with Crippen LogP contribution in [0.2, 0.25) is 0 Å². The van der Waals surface area contributed by atoms with Gasteiger partial charge in [-0.1, -0.05) is 18.9 Å². The van der Waals surface area contributed by atoms with Crippen molar-refractivity contribution in [2.75, 3.05) is 19.9 Å². The van der Waals surface area contributed by atoms with Gasteiger partial charge in [0.05, 0.1) is 0 Å². The zero-order valence-electron chi connectivity index (χ0n) is 14.0. The van der Waals surface area contributed by atoms with E-state index in [9.17, 15) is 9.59 Å². The zero-order chi connectivity index (χ0) is 16.9. The summed E-state index contributed by atoms with van der Waals surface area (Å²) in [6, 6.07) is 5.10. The maximum Gasteiger partial charge on any atom is 0.245 e. The van der Waals surface area contributed by atoms with Crippen LogP contribution in [0.3, 0.4) is 0 Å². The minimum Gasteiger partial charge on any atom is -0.454 e. The topological polar surface area (TPSA) is 67.9 Å². The van der Waals surface area contributed by atoms with Gasteiger partial charge in [0, 0.05) is 26.4 Å². The average Bonchev–Trinajstić information content (AvgIpc) is 2.85. The van der Waals surface area contributed by atoms with Crippen LogP contribution in [0.15, 0.2) is 18.2 Å². The molecule has 2 aliphatic heterocycles. The smallest absolute Gasteiger partial charge is 0.245 e. The number of benzene rings is 1. The quantitative estimate of drug-likeness (QED) is 0.914. The molecule has 1 saturated heterocycles. The van der Waals surface area contributed by atoms with Gasteiger partial charge in [0.1, 0.15) is 6.04 Å². The largest absolute Gasteiger partial charge is 0.454 e. The number of amides is 2. The van der Waals surface area contributed by atoms with Gasteiger partial charge >= 0.3 is 0 Å². The highest BCUT2D eigenvalue weighted by Crippen LogP contribution is 2.32. The van der Waals surface area contributed by atoms with Crippen molar-refractivity contribution in [3.63, 3.8) is 0 Å². The molecule has 2 aliphatic rings. The Labute approximate surface area is 142 Å². The molecule has 0 aliphatic carbocycles. The van der Waals surface area contributed by atoms with E-state index in [0.717, 1.165) is 44.3 Å². The number of hydrogen-bond donors (Lipinski definition) is 1. The summed E-state index contributed by atoms with van der Waals surface area (Å²) < 4.78 is 10.7. The fraction of sp³-hybridized carbons (Fsp3) is 0.556. The molecular weight excluding hydrogens is 308 g/mol. The number of nitrogens with one attached hydrogen (secondary N) is 1. The zero-order valence-corrected chi connectivity index (χ0v) is 14.0. The van der Waals surface area contributed by atoms with Gasteiger partial charge in [-0.2, -0.15) is 0 Å². The first-order valence-corrected chi connectivity index (χ1v) is 8.58. The maximum absolute atomic E-state index is 12.9. The predicted octanol–water partition coefficient (Wildman–Crippen LogP) is 1.87. The van der Waals surface area contributed by atoms with E-state index in [0.29, 0.717) is 17.9 Å². The molecule has 1 N–H and O–H groups in total. The van der Waals surface area contributed by atoms with Crippen molar-refractivity contribution in [3.05, 3.63) is 23.8 Å². The van der Waals surface area contributed by atoms with E-state index in [2.05, 4.69) is 5.32 Å². The van der Waals surface area contributed by atoms with Crippen LogP contribution in [-0.4, -0.2) is 42.6 Å². The molecule has 0 unspecified atom stereocenters. The Hall–Kier alpha value is -2.24. The lowest BCUT2D eigenvalue weighted by Crippen LogP contribution is -2.49. The Bertz CT molecular complexity index is 609. The number of fused-ring (bicyclic) bond motifs is 1. The summed E-state index contributed by atoms with van der Waals surface area (Å²) in [5, 5.41) is 2.81. The molecule has 2 amide bonds. The van der Waals surface area contributed by atoms with Crippen molar-refractivity contribution in [3.8, 4) is 11.5 Å². The number of ether oxygens (including phenoxy) is 2. The van der Waals surface area contributed by atoms with Crippen LogP contribution in [0.4, 0.5) is 0 Å². The molecule has 6 heteroatoms. The molecule has 2 heterocycles. The SMILES string of the molecule is CC(=O)N[C@@H](Cc1ccc2c(c1)OCO2)C(=O)N1CCCCCC1. The van der Waals surface area contributed by atoms with Gasteiger partial charge in [-0.05, 0) is 30.5 Å². The summed E-state index contributed by atoms with van der Waals surface area (Å²) in [4.78, 5) is 26.3. The first-order chi connectivity index (χ1) is 11.6. The minimum atomic E-state index is -0.541. The molecule has 3 rings (SSSR count). The number of carbonyl (C=O) groups excluding carboxylic acids is 2. The lowest BCUT2D eigenvalue weighted by molar-refractivity contribution is -0.136. The van der Waals surface area contributed by atoms with E-state index in [1.165, 1.54) is 6.92 Å². The normalized spacial score (nSPS) is 18.0. The third kappa shape index (κ3) is 3.99. The first-order valence-electron chi connectivity index (χ1n) is 8.58. The summed E-state index contributed by atoms with van der Waals surface area (Å²) in [6.45, 7) is 3.22. The highest BCUT2D eigenvalue weighted by molar-refractivity contribution is 5.87. The molecule has 0 saturated carbocycles. The Morgan fingerprint density at radius 2 is 1.83 bits per heavy atom. The van der Waals surface area contributed by atoms with E-state index >= 15 is 0 Å². The Morgan fingerprint density at radius 1 is 1.12 bits per heavy atom. The van der Waals surface area contributed by atoms with E-state index in [-0.39, 0.29) is 18.6 Å². The highest BCUT2D eigenvalue weighted by Gasteiger charge is 2.26. The summed E-state index contributed by atoms with van der Waals surface area (Å²) in [5.41, 5.74) is 0.946. The Balaban J connectivity index is 1.73. The molecule has 1 aromatic carbocycles. The molecule has 0 aromatic heterocycles. The summed E-state index contributed by atoms with van der Waals surface area (Å²) in [6.07, 6.45) is 4.84. The van der Waals surface area contributed by atoms with Crippen LogP contribution < -0.4 is 14.8 Å². The van der Waals surface area contributed by atoms with E-state index in [4.69, 9.17) is 9.47 Å². The van der Waals surface area contributed by atoms with Crippen LogP contribution in [-0.2, 0) is 16.0 Å². The van der Waals surface area contributed by atoms with Crippen LogP contribution >= 0.6 is 0 Å². The average molecular weight is 332 g/mol. The molecule has 130 valence electrons. The second-order valence-corrected chi connectivity index (χ2v) is 6.38. The molecule has 6 nitrogen and oxygen atoms in total. The van der Waals surface area contributed by atoms with Gasteiger partial charge in [0.25, 0.3) is 0 Å². The minimum absolute atomic E-state index is 0.00441. The summed E-state index contributed by atoms with van der Waals surface area (Å²) >= 11 is 0. The fourth-order valence-corrected chi connectivity index (χ4v) is 3.26. The monoisotopic (exact) mass is 332 g/mol.